The van der Waals surface area contributed by atoms with E-state index in [4.69, 9.17) is 25.8 Å². The zero-order valence-corrected chi connectivity index (χ0v) is 17.8. The number of amides is 1. The minimum atomic E-state index is -0.315. The molecule has 3 aromatic carbocycles. The van der Waals surface area contributed by atoms with Gasteiger partial charge in [0.2, 0.25) is 5.75 Å². The Morgan fingerprint density at radius 1 is 0.871 bits per heavy atom. The number of anilines is 1. The van der Waals surface area contributed by atoms with Gasteiger partial charge in [-0.25, -0.2) is 0 Å². The van der Waals surface area contributed by atoms with E-state index in [9.17, 15) is 4.79 Å². The third kappa shape index (κ3) is 4.10. The van der Waals surface area contributed by atoms with Crippen molar-refractivity contribution in [3.05, 3.63) is 65.2 Å². The van der Waals surface area contributed by atoms with E-state index < -0.39 is 0 Å². The first-order chi connectivity index (χ1) is 15.0. The Labute approximate surface area is 183 Å². The zero-order valence-electron chi connectivity index (χ0n) is 17.0. The summed E-state index contributed by atoms with van der Waals surface area (Å²) >= 11 is 6.01. The van der Waals surface area contributed by atoms with Crippen LogP contribution >= 0.6 is 11.6 Å². The molecule has 8 nitrogen and oxygen atoms in total. The third-order valence-electron chi connectivity index (χ3n) is 4.63. The first-order valence-electron chi connectivity index (χ1n) is 9.27. The predicted molar refractivity (Wildman–Crippen MR) is 118 cm³/mol. The highest BCUT2D eigenvalue weighted by Gasteiger charge is 2.17. The molecule has 0 atom stereocenters. The van der Waals surface area contributed by atoms with Crippen molar-refractivity contribution in [1.29, 1.82) is 0 Å². The van der Waals surface area contributed by atoms with Gasteiger partial charge in [-0.3, -0.25) is 4.79 Å². The van der Waals surface area contributed by atoms with Gasteiger partial charge in [0.1, 0.15) is 11.0 Å². The monoisotopic (exact) mass is 438 g/mol. The first kappa shape index (κ1) is 20.5. The van der Waals surface area contributed by atoms with Gasteiger partial charge in [0.05, 0.1) is 27.0 Å². The summed E-state index contributed by atoms with van der Waals surface area (Å²) in [5, 5.41) is 12.3. The van der Waals surface area contributed by atoms with Crippen LogP contribution in [0.1, 0.15) is 10.4 Å². The molecule has 1 heterocycles. The lowest BCUT2D eigenvalue weighted by atomic mass is 10.1. The van der Waals surface area contributed by atoms with E-state index in [2.05, 4.69) is 15.5 Å². The van der Waals surface area contributed by atoms with Crippen molar-refractivity contribution >= 4 is 34.2 Å². The molecule has 9 heteroatoms. The van der Waals surface area contributed by atoms with Crippen molar-refractivity contribution in [2.24, 2.45) is 0 Å². The largest absolute Gasteiger partial charge is 0.493 e. The Balaban J connectivity index is 1.55. The summed E-state index contributed by atoms with van der Waals surface area (Å²) in [7, 11) is 4.50. The summed E-state index contributed by atoms with van der Waals surface area (Å²) in [6.07, 6.45) is 0. The fourth-order valence-corrected chi connectivity index (χ4v) is 3.26. The second-order valence-corrected chi connectivity index (χ2v) is 6.97. The average Bonchev–Trinajstić information content (AvgIpc) is 3.21. The number of rotatable bonds is 6. The number of methoxy groups -OCH3 is 3. The Morgan fingerprint density at radius 3 is 2.13 bits per heavy atom. The first-order valence-corrected chi connectivity index (χ1v) is 9.64. The fraction of sp³-hybridized carbons (Fsp3) is 0.136. The molecule has 0 radical (unpaired) electrons. The maximum Gasteiger partial charge on any atom is 0.255 e. The maximum absolute atomic E-state index is 12.7. The standard InChI is InChI=1S/C22H19ClN4O4/c1-29-19-10-13(11-20(30-2)21(19)31-3)22(28)24-15-5-7-16(8-6-15)27-25-17-9-4-14(23)12-18(17)26-27/h4-12H,1-3H3,(H,24,28). The van der Waals surface area contributed by atoms with E-state index >= 15 is 0 Å². The molecule has 4 aromatic rings. The van der Waals surface area contributed by atoms with E-state index in [0.717, 1.165) is 11.2 Å². The second-order valence-electron chi connectivity index (χ2n) is 6.54. The zero-order chi connectivity index (χ0) is 22.0. The molecule has 0 saturated carbocycles. The maximum atomic E-state index is 12.7. The van der Waals surface area contributed by atoms with E-state index in [0.29, 0.717) is 39.0 Å². The lowest BCUT2D eigenvalue weighted by molar-refractivity contribution is 0.102. The predicted octanol–water partition coefficient (Wildman–Crippen LogP) is 4.35. The molecular weight excluding hydrogens is 420 g/mol. The average molecular weight is 439 g/mol. The van der Waals surface area contributed by atoms with Gasteiger partial charge in [0.15, 0.2) is 11.5 Å². The smallest absolute Gasteiger partial charge is 0.255 e. The molecule has 0 unspecified atom stereocenters. The molecule has 1 amide bonds. The van der Waals surface area contributed by atoms with Crippen LogP contribution in [0.2, 0.25) is 5.02 Å². The van der Waals surface area contributed by atoms with Crippen LogP contribution < -0.4 is 19.5 Å². The van der Waals surface area contributed by atoms with Crippen molar-refractivity contribution in [1.82, 2.24) is 15.0 Å². The van der Waals surface area contributed by atoms with Crippen LogP contribution in [0.4, 0.5) is 5.69 Å². The van der Waals surface area contributed by atoms with Gasteiger partial charge in [0, 0.05) is 16.3 Å². The summed E-state index contributed by atoms with van der Waals surface area (Å²) < 4.78 is 15.9. The number of fused-ring (bicyclic) bond motifs is 1. The number of halogens is 1. The normalized spacial score (nSPS) is 10.7. The van der Waals surface area contributed by atoms with Crippen LogP contribution in [0.3, 0.4) is 0 Å². The van der Waals surface area contributed by atoms with Gasteiger partial charge in [-0.05, 0) is 54.6 Å². The number of nitrogens with one attached hydrogen (secondary N) is 1. The Morgan fingerprint density at radius 2 is 1.52 bits per heavy atom. The highest BCUT2D eigenvalue weighted by Crippen LogP contribution is 2.38. The molecule has 1 aromatic heterocycles. The number of hydrogen-bond acceptors (Lipinski definition) is 6. The van der Waals surface area contributed by atoms with E-state index in [-0.39, 0.29) is 5.91 Å². The number of hydrogen-bond donors (Lipinski definition) is 1. The van der Waals surface area contributed by atoms with Crippen LogP contribution in [0, 0.1) is 0 Å². The minimum absolute atomic E-state index is 0.315. The van der Waals surface area contributed by atoms with Crippen molar-refractivity contribution in [2.75, 3.05) is 26.6 Å². The minimum Gasteiger partial charge on any atom is -0.493 e. The quantitative estimate of drug-likeness (QED) is 0.481. The summed E-state index contributed by atoms with van der Waals surface area (Å²) in [5.74, 6) is 0.912. The highest BCUT2D eigenvalue weighted by molar-refractivity contribution is 6.31. The molecule has 1 N–H and O–H groups in total. The molecule has 4 rings (SSSR count). The second kappa shape index (κ2) is 8.53. The van der Waals surface area contributed by atoms with Gasteiger partial charge >= 0.3 is 0 Å². The topological polar surface area (TPSA) is 87.5 Å². The molecule has 0 aliphatic rings. The number of nitrogens with zero attached hydrogens (tertiary/aromatic N) is 3. The van der Waals surface area contributed by atoms with Gasteiger partial charge in [-0.2, -0.15) is 4.80 Å². The molecular formula is C22H19ClN4O4. The third-order valence-corrected chi connectivity index (χ3v) is 4.86. The number of carbonyl (C=O) groups is 1. The van der Waals surface area contributed by atoms with Crippen LogP contribution in [0.15, 0.2) is 54.6 Å². The lowest BCUT2D eigenvalue weighted by Crippen LogP contribution is -2.12. The fourth-order valence-electron chi connectivity index (χ4n) is 3.10. The molecule has 0 bridgehead atoms. The van der Waals surface area contributed by atoms with Gasteiger partial charge in [0.25, 0.3) is 5.91 Å². The highest BCUT2D eigenvalue weighted by atomic mass is 35.5. The van der Waals surface area contributed by atoms with E-state index in [1.54, 1.807) is 36.4 Å². The van der Waals surface area contributed by atoms with Crippen LogP contribution in [-0.2, 0) is 0 Å². The molecule has 0 aliphatic carbocycles. The Bertz CT molecular complexity index is 1230. The summed E-state index contributed by atoms with van der Waals surface area (Å²) in [6, 6.07) is 15.7. The SMILES string of the molecule is COc1cc(C(=O)Nc2ccc(-n3nc4ccc(Cl)cc4n3)cc2)cc(OC)c1OC. The van der Waals surface area contributed by atoms with Crippen molar-refractivity contribution in [3.8, 4) is 22.9 Å². The van der Waals surface area contributed by atoms with E-state index in [1.165, 1.54) is 26.1 Å². The number of carbonyl (C=O) groups excluding carboxylic acids is 1. The van der Waals surface area contributed by atoms with Gasteiger partial charge in [-0.15, -0.1) is 10.2 Å². The number of benzene rings is 3. The van der Waals surface area contributed by atoms with E-state index in [1.807, 2.05) is 18.2 Å². The number of ether oxygens (including phenoxy) is 3. The molecule has 31 heavy (non-hydrogen) atoms. The summed E-state index contributed by atoms with van der Waals surface area (Å²) in [5.41, 5.74) is 3.17. The summed E-state index contributed by atoms with van der Waals surface area (Å²) in [4.78, 5) is 14.3. The van der Waals surface area contributed by atoms with Crippen molar-refractivity contribution < 1.29 is 19.0 Å². The Kier molecular flexibility index (Phi) is 5.64. The number of aromatic nitrogens is 3. The van der Waals surface area contributed by atoms with Crippen molar-refractivity contribution in [2.45, 2.75) is 0 Å². The lowest BCUT2D eigenvalue weighted by Gasteiger charge is -2.14. The molecule has 0 spiro atoms. The summed E-state index contributed by atoms with van der Waals surface area (Å²) in [6.45, 7) is 0. The van der Waals surface area contributed by atoms with Gasteiger partial charge in [-0.1, -0.05) is 11.6 Å². The molecule has 0 saturated heterocycles. The van der Waals surface area contributed by atoms with Crippen LogP contribution in [0.25, 0.3) is 16.7 Å². The molecule has 158 valence electrons. The van der Waals surface area contributed by atoms with Gasteiger partial charge < -0.3 is 19.5 Å². The van der Waals surface area contributed by atoms with Crippen LogP contribution in [-0.4, -0.2) is 42.2 Å². The van der Waals surface area contributed by atoms with Crippen LogP contribution in [0.5, 0.6) is 17.2 Å². The molecule has 0 aliphatic heterocycles. The van der Waals surface area contributed by atoms with Crippen molar-refractivity contribution in [3.63, 3.8) is 0 Å². The Hall–Kier alpha value is -3.78. The molecule has 0 fully saturated rings.